The molecule has 0 N–H and O–H groups in total. The monoisotopic (exact) mass is 676 g/mol. The third-order valence-electron chi connectivity index (χ3n) is 8.36. The predicted octanol–water partition coefficient (Wildman–Crippen LogP) is 7.27. The largest absolute Gasteiger partial charge is 0.474 e. The first-order valence-corrected chi connectivity index (χ1v) is 19.4. The molecule has 48 heavy (non-hydrogen) atoms. The molecular formula is C40H44N3O3P2+. The number of benzene rings is 5. The van der Waals surface area contributed by atoms with Gasteiger partial charge in [-0.2, -0.15) is 0 Å². The molecule has 0 amide bonds. The van der Waals surface area contributed by atoms with Crippen molar-refractivity contribution in [3.8, 4) is 0 Å². The minimum atomic E-state index is -3.23. The average Bonchev–Trinajstić information content (AvgIpc) is 3.15. The molecule has 6 nitrogen and oxygen atoms in total. The molecule has 0 saturated heterocycles. The minimum absolute atomic E-state index is 0.338. The van der Waals surface area contributed by atoms with Crippen LogP contribution in [0, 0.1) is 0 Å². The molecule has 0 spiro atoms. The Labute approximate surface area is 286 Å². The van der Waals surface area contributed by atoms with Crippen LogP contribution in [0.4, 0.5) is 0 Å². The molecule has 0 bridgehead atoms. The van der Waals surface area contributed by atoms with Crippen molar-refractivity contribution in [2.45, 2.75) is 25.9 Å². The lowest BCUT2D eigenvalue weighted by Crippen LogP contribution is -2.36. The molecule has 8 heteroatoms. The fraction of sp³-hybridized carbons (Fsp3) is 0.225. The van der Waals surface area contributed by atoms with Crippen molar-refractivity contribution in [3.05, 3.63) is 163 Å². The second-order valence-corrected chi connectivity index (χ2v) is 16.2. The SMILES string of the molecule is O=CCN(CCCN(CCCN(Cc1ccccc1)[P+](=O)c1ccccc1)P(=O)(c1ccccc1)c1ccccc1)Cc1ccccc1. The molecule has 0 aromatic heterocycles. The van der Waals surface area contributed by atoms with E-state index in [1.165, 1.54) is 0 Å². The zero-order valence-electron chi connectivity index (χ0n) is 27.3. The zero-order chi connectivity index (χ0) is 33.4. The van der Waals surface area contributed by atoms with Crippen molar-refractivity contribution in [1.29, 1.82) is 0 Å². The van der Waals surface area contributed by atoms with Crippen LogP contribution in [0.25, 0.3) is 0 Å². The summed E-state index contributed by atoms with van der Waals surface area (Å²) in [5.41, 5.74) is 2.25. The molecule has 0 fully saturated rings. The predicted molar refractivity (Wildman–Crippen MR) is 199 cm³/mol. The molecule has 0 heterocycles. The van der Waals surface area contributed by atoms with Gasteiger partial charge in [-0.3, -0.25) is 9.46 Å². The molecule has 246 valence electrons. The van der Waals surface area contributed by atoms with Gasteiger partial charge in [-0.15, -0.1) is 0 Å². The van der Waals surface area contributed by atoms with Gasteiger partial charge in [-0.25, -0.2) is 4.67 Å². The van der Waals surface area contributed by atoms with Crippen LogP contribution < -0.4 is 15.9 Å². The van der Waals surface area contributed by atoms with Gasteiger partial charge < -0.3 is 4.79 Å². The van der Waals surface area contributed by atoms with Gasteiger partial charge in [0.2, 0.25) is 12.6 Å². The smallest absolute Gasteiger partial charge is 0.302 e. The summed E-state index contributed by atoms with van der Waals surface area (Å²) in [4.78, 5) is 13.7. The van der Waals surface area contributed by atoms with E-state index in [1.54, 1.807) is 0 Å². The lowest BCUT2D eigenvalue weighted by atomic mass is 10.2. The maximum atomic E-state index is 15.5. The van der Waals surface area contributed by atoms with E-state index >= 15 is 4.57 Å². The van der Waals surface area contributed by atoms with Crippen molar-refractivity contribution in [3.63, 3.8) is 0 Å². The third kappa shape index (κ3) is 9.76. The van der Waals surface area contributed by atoms with Gasteiger partial charge in [-0.05, 0) is 64.9 Å². The van der Waals surface area contributed by atoms with Crippen molar-refractivity contribution in [2.75, 3.05) is 32.7 Å². The first-order chi connectivity index (χ1) is 23.6. The molecule has 1 unspecified atom stereocenters. The molecule has 0 aliphatic heterocycles. The first-order valence-electron chi connectivity index (χ1n) is 16.6. The highest BCUT2D eigenvalue weighted by atomic mass is 31.2. The Balaban J connectivity index is 1.39. The fourth-order valence-corrected chi connectivity index (χ4v) is 10.3. The Hall–Kier alpha value is -4.02. The van der Waals surface area contributed by atoms with Crippen molar-refractivity contribution in [2.24, 2.45) is 0 Å². The van der Waals surface area contributed by atoms with E-state index in [0.29, 0.717) is 52.2 Å². The lowest BCUT2D eigenvalue weighted by molar-refractivity contribution is -0.109. The second-order valence-electron chi connectivity index (χ2n) is 11.8. The molecule has 5 rings (SSSR count). The fourth-order valence-electron chi connectivity index (χ4n) is 5.97. The number of carbonyl (C=O) groups excluding carboxylic acids is 1. The van der Waals surface area contributed by atoms with Crippen LogP contribution >= 0.6 is 15.2 Å². The number of rotatable bonds is 19. The van der Waals surface area contributed by atoms with Crippen LogP contribution in [-0.2, 0) is 27.0 Å². The Morgan fingerprint density at radius 2 is 0.979 bits per heavy atom. The quantitative estimate of drug-likeness (QED) is 0.0678. The maximum Gasteiger partial charge on any atom is 0.474 e. The highest BCUT2D eigenvalue weighted by Crippen LogP contribution is 2.47. The second kappa shape index (κ2) is 18.5. The highest BCUT2D eigenvalue weighted by molar-refractivity contribution is 7.76. The average molecular weight is 677 g/mol. The molecule has 5 aromatic carbocycles. The van der Waals surface area contributed by atoms with Crippen LogP contribution in [0.5, 0.6) is 0 Å². The van der Waals surface area contributed by atoms with Gasteiger partial charge in [0.05, 0.1) is 13.1 Å². The Bertz CT molecular complexity index is 1680. The molecule has 5 aromatic rings. The molecular weight excluding hydrogens is 632 g/mol. The summed E-state index contributed by atoms with van der Waals surface area (Å²) < 4.78 is 33.6. The number of aldehydes is 1. The van der Waals surface area contributed by atoms with E-state index in [0.717, 1.165) is 39.7 Å². The Morgan fingerprint density at radius 1 is 0.542 bits per heavy atom. The Morgan fingerprint density at radius 3 is 1.48 bits per heavy atom. The van der Waals surface area contributed by atoms with Crippen LogP contribution in [0.3, 0.4) is 0 Å². The number of nitrogens with zero attached hydrogens (tertiary/aromatic N) is 3. The zero-order valence-corrected chi connectivity index (χ0v) is 29.1. The van der Waals surface area contributed by atoms with E-state index < -0.39 is 15.2 Å². The lowest BCUT2D eigenvalue weighted by Gasteiger charge is -2.33. The molecule has 0 radical (unpaired) electrons. The van der Waals surface area contributed by atoms with Gasteiger partial charge in [0.15, 0.2) is 0 Å². The van der Waals surface area contributed by atoms with E-state index in [2.05, 4.69) is 33.8 Å². The number of hydrogen-bond acceptors (Lipinski definition) is 4. The summed E-state index contributed by atoms with van der Waals surface area (Å²) >= 11 is 0. The van der Waals surface area contributed by atoms with Crippen LogP contribution in [0.2, 0.25) is 0 Å². The van der Waals surface area contributed by atoms with Crippen molar-refractivity contribution >= 4 is 37.4 Å². The number of carbonyl (C=O) groups is 1. The molecule has 0 aliphatic carbocycles. The normalized spacial score (nSPS) is 12.0. The summed E-state index contributed by atoms with van der Waals surface area (Å²) in [5.74, 6) is 0. The van der Waals surface area contributed by atoms with Crippen molar-refractivity contribution < 1.29 is 13.9 Å². The topological polar surface area (TPSA) is 60.9 Å². The summed E-state index contributed by atoms with van der Waals surface area (Å²) in [6.07, 6.45) is 2.36. The summed E-state index contributed by atoms with van der Waals surface area (Å²) in [6, 6.07) is 49.4. The van der Waals surface area contributed by atoms with Gasteiger partial charge in [0.25, 0.3) is 0 Å². The van der Waals surface area contributed by atoms with Crippen LogP contribution in [0.1, 0.15) is 24.0 Å². The van der Waals surface area contributed by atoms with E-state index in [1.807, 2.05) is 132 Å². The Kier molecular flexibility index (Phi) is 13.6. The van der Waals surface area contributed by atoms with Crippen LogP contribution in [0.15, 0.2) is 152 Å². The van der Waals surface area contributed by atoms with Gasteiger partial charge in [0, 0.05) is 43.3 Å². The van der Waals surface area contributed by atoms with Crippen LogP contribution in [-0.4, -0.2) is 53.3 Å². The van der Waals surface area contributed by atoms with Gasteiger partial charge in [0.1, 0.15) is 6.29 Å². The standard InChI is InChI=1S/C40H44N3O3P2/c44-33-32-41(34-36-18-6-1-7-19-36)28-16-30-43(48(46,39-24-12-4-13-25-39)40-26-14-5-15-27-40)31-17-29-42(35-37-20-8-2-9-21-37)47(45)38-22-10-3-11-23-38/h1-15,18-27,33H,16-17,28-32,34-35H2/q+1. The van der Waals surface area contributed by atoms with E-state index in [9.17, 15) is 9.36 Å². The number of hydrogen-bond donors (Lipinski definition) is 0. The maximum absolute atomic E-state index is 15.5. The molecule has 1 atom stereocenters. The summed E-state index contributed by atoms with van der Waals surface area (Å²) in [7, 11) is -5.03. The molecule has 0 saturated carbocycles. The van der Waals surface area contributed by atoms with Crippen molar-refractivity contribution in [1.82, 2.24) is 14.2 Å². The molecule has 0 aliphatic rings. The van der Waals surface area contributed by atoms with Gasteiger partial charge >= 0.3 is 7.95 Å². The van der Waals surface area contributed by atoms with E-state index in [4.69, 9.17) is 0 Å². The van der Waals surface area contributed by atoms with Gasteiger partial charge in [-0.1, -0.05) is 120 Å². The summed E-state index contributed by atoms with van der Waals surface area (Å²) in [6.45, 7) is 3.96. The minimum Gasteiger partial charge on any atom is -0.302 e. The first kappa shape index (κ1) is 35.3. The van der Waals surface area contributed by atoms with E-state index in [-0.39, 0.29) is 0 Å². The highest BCUT2D eigenvalue weighted by Gasteiger charge is 2.35. The third-order valence-corrected chi connectivity index (χ3v) is 13.1. The summed E-state index contributed by atoms with van der Waals surface area (Å²) in [5, 5.41) is 2.39.